The maximum atomic E-state index is 10.6. The molecule has 0 aromatic carbocycles. The van der Waals surface area contributed by atoms with Gasteiger partial charge in [-0.05, 0) is 5.57 Å². The van der Waals surface area contributed by atoms with Crippen molar-refractivity contribution >= 4 is 12.2 Å². The average Bonchev–Trinajstić information content (AvgIpc) is 2.48. The Morgan fingerprint density at radius 1 is 1.71 bits per heavy atom. The highest BCUT2D eigenvalue weighted by molar-refractivity contribution is 5.74. The van der Waals surface area contributed by atoms with Crippen molar-refractivity contribution in [1.29, 1.82) is 0 Å². The van der Waals surface area contributed by atoms with E-state index in [1.54, 1.807) is 0 Å². The van der Waals surface area contributed by atoms with E-state index in [-0.39, 0.29) is 18.4 Å². The van der Waals surface area contributed by atoms with E-state index in [1.807, 2.05) is 36.5 Å². The van der Waals surface area contributed by atoms with Gasteiger partial charge in [0.15, 0.2) is 0 Å². The second-order valence-corrected chi connectivity index (χ2v) is 3.56. The van der Waals surface area contributed by atoms with Crippen LogP contribution in [0.25, 0.3) is 0 Å². The predicted octanol–water partition coefficient (Wildman–Crippen LogP) is 0.873. The first kappa shape index (κ1) is 8.99. The molecule has 1 N–H and O–H groups in total. The molecule has 0 radical (unpaired) electrons. The number of likely N-dealkylation sites (N-methyl/N-ethyl adjacent to an activating group) is 1. The van der Waals surface area contributed by atoms with Crippen molar-refractivity contribution in [1.82, 2.24) is 5.01 Å². The van der Waals surface area contributed by atoms with Gasteiger partial charge >= 0.3 is 5.97 Å². The summed E-state index contributed by atoms with van der Waals surface area (Å²) in [5.41, 5.74) is 0.921. The fourth-order valence-electron chi connectivity index (χ4n) is 1.97. The molecule has 0 saturated carbocycles. The summed E-state index contributed by atoms with van der Waals surface area (Å²) in [5, 5.41) is 14.7. The highest BCUT2D eigenvalue weighted by atomic mass is 16.4. The van der Waals surface area contributed by atoms with Gasteiger partial charge in [-0.1, -0.05) is 18.2 Å². The molecule has 0 fully saturated rings. The van der Waals surface area contributed by atoms with Crippen LogP contribution in [0.3, 0.4) is 0 Å². The Hall–Kier alpha value is -1.58. The molecule has 0 saturated heterocycles. The van der Waals surface area contributed by atoms with Crippen LogP contribution < -0.4 is 0 Å². The van der Waals surface area contributed by atoms with Crippen molar-refractivity contribution in [2.75, 3.05) is 7.05 Å². The summed E-state index contributed by atoms with van der Waals surface area (Å²) < 4.78 is 0. The third kappa shape index (κ3) is 1.43. The monoisotopic (exact) mass is 192 g/mol. The Balaban J connectivity index is 2.20. The van der Waals surface area contributed by atoms with Gasteiger partial charge in [0.25, 0.3) is 0 Å². The van der Waals surface area contributed by atoms with E-state index >= 15 is 0 Å². The van der Waals surface area contributed by atoms with Crippen molar-refractivity contribution in [3.05, 3.63) is 23.8 Å². The molecule has 74 valence electrons. The van der Waals surface area contributed by atoms with E-state index in [9.17, 15) is 4.79 Å². The van der Waals surface area contributed by atoms with E-state index in [4.69, 9.17) is 5.11 Å². The largest absolute Gasteiger partial charge is 0.481 e. The van der Waals surface area contributed by atoms with E-state index in [0.717, 1.165) is 5.57 Å². The van der Waals surface area contributed by atoms with E-state index < -0.39 is 5.97 Å². The number of fused-ring (bicyclic) bond motifs is 1. The minimum atomic E-state index is -0.786. The van der Waals surface area contributed by atoms with Crippen LogP contribution in [0.15, 0.2) is 28.9 Å². The molecule has 0 spiro atoms. The van der Waals surface area contributed by atoms with Gasteiger partial charge in [0, 0.05) is 19.2 Å². The first-order chi connectivity index (χ1) is 6.68. The minimum Gasteiger partial charge on any atom is -0.481 e. The first-order valence-corrected chi connectivity index (χ1v) is 4.54. The van der Waals surface area contributed by atoms with Crippen LogP contribution in [-0.4, -0.2) is 35.4 Å². The summed E-state index contributed by atoms with van der Waals surface area (Å²) in [5.74, 6) is -0.551. The van der Waals surface area contributed by atoms with Gasteiger partial charge in [-0.3, -0.25) is 9.80 Å². The van der Waals surface area contributed by atoms with Crippen molar-refractivity contribution in [3.8, 4) is 0 Å². The van der Waals surface area contributed by atoms with Gasteiger partial charge in [0.05, 0.1) is 12.5 Å². The third-order valence-corrected chi connectivity index (χ3v) is 2.57. The normalized spacial score (nSPS) is 28.9. The number of rotatable bonds is 2. The average molecular weight is 192 g/mol. The molecule has 2 unspecified atom stereocenters. The highest BCUT2D eigenvalue weighted by Crippen LogP contribution is 2.28. The molecule has 0 aromatic heterocycles. The van der Waals surface area contributed by atoms with Gasteiger partial charge in [-0.2, -0.15) is 5.10 Å². The highest BCUT2D eigenvalue weighted by Gasteiger charge is 2.32. The molecule has 1 aliphatic carbocycles. The van der Waals surface area contributed by atoms with Gasteiger partial charge in [0.2, 0.25) is 0 Å². The standard InChI is InChI=1S/C10H12N2O2/c1-12-10-7(5-9(13)14)3-2-4-8(10)6-11-12/h2-4,6,8,10H,5H2,1H3,(H,13,14). The van der Waals surface area contributed by atoms with Gasteiger partial charge in [-0.15, -0.1) is 0 Å². The molecular weight excluding hydrogens is 180 g/mol. The van der Waals surface area contributed by atoms with Crippen molar-refractivity contribution in [2.45, 2.75) is 12.5 Å². The van der Waals surface area contributed by atoms with E-state index in [2.05, 4.69) is 5.10 Å². The number of carboxylic acid groups (broad SMARTS) is 1. The maximum Gasteiger partial charge on any atom is 0.307 e. The summed E-state index contributed by atoms with van der Waals surface area (Å²) in [6.45, 7) is 0. The molecule has 4 heteroatoms. The summed E-state index contributed by atoms with van der Waals surface area (Å²) in [6, 6.07) is 0.107. The lowest BCUT2D eigenvalue weighted by Gasteiger charge is -2.27. The lowest BCUT2D eigenvalue weighted by molar-refractivity contribution is -0.136. The van der Waals surface area contributed by atoms with Crippen LogP contribution in [0.2, 0.25) is 0 Å². The zero-order valence-corrected chi connectivity index (χ0v) is 7.92. The summed E-state index contributed by atoms with van der Waals surface area (Å²) in [7, 11) is 1.87. The lowest BCUT2D eigenvalue weighted by atomic mass is 9.88. The molecule has 0 amide bonds. The van der Waals surface area contributed by atoms with E-state index in [0.29, 0.717) is 0 Å². The number of hydrazone groups is 1. The Labute approximate surface area is 82.2 Å². The Bertz CT molecular complexity index is 344. The summed E-state index contributed by atoms with van der Waals surface area (Å²) in [6.07, 6.45) is 7.78. The van der Waals surface area contributed by atoms with Gasteiger partial charge in [0.1, 0.15) is 0 Å². The SMILES string of the molecule is CN1N=CC2C=CC=C(CC(=O)O)C21. The Morgan fingerprint density at radius 3 is 3.21 bits per heavy atom. The first-order valence-electron chi connectivity index (χ1n) is 4.54. The fraction of sp³-hybridized carbons (Fsp3) is 0.400. The number of hydrogen-bond donors (Lipinski definition) is 1. The Kier molecular flexibility index (Phi) is 2.11. The molecule has 4 nitrogen and oxygen atoms in total. The zero-order chi connectivity index (χ0) is 10.1. The third-order valence-electron chi connectivity index (χ3n) is 2.57. The number of hydrogen-bond acceptors (Lipinski definition) is 3. The van der Waals surface area contributed by atoms with Gasteiger partial charge < -0.3 is 5.11 Å². The molecular formula is C10H12N2O2. The van der Waals surface area contributed by atoms with Crippen LogP contribution in [-0.2, 0) is 4.79 Å². The molecule has 0 aromatic rings. The molecule has 0 bridgehead atoms. The molecule has 2 atom stereocenters. The number of carboxylic acids is 1. The van der Waals surface area contributed by atoms with E-state index in [1.165, 1.54) is 0 Å². The smallest absolute Gasteiger partial charge is 0.307 e. The second kappa shape index (κ2) is 3.29. The van der Waals surface area contributed by atoms with Crippen molar-refractivity contribution in [2.24, 2.45) is 11.0 Å². The molecule has 2 rings (SSSR count). The molecule has 2 aliphatic rings. The van der Waals surface area contributed by atoms with Crippen molar-refractivity contribution in [3.63, 3.8) is 0 Å². The zero-order valence-electron chi connectivity index (χ0n) is 7.92. The number of aliphatic carboxylic acids is 1. The molecule has 1 heterocycles. The quantitative estimate of drug-likeness (QED) is 0.706. The molecule has 14 heavy (non-hydrogen) atoms. The van der Waals surface area contributed by atoms with Crippen LogP contribution in [0.4, 0.5) is 0 Å². The maximum absolute atomic E-state index is 10.6. The molecule has 1 aliphatic heterocycles. The van der Waals surface area contributed by atoms with Crippen LogP contribution in [0.5, 0.6) is 0 Å². The van der Waals surface area contributed by atoms with Crippen LogP contribution in [0, 0.1) is 5.92 Å². The van der Waals surface area contributed by atoms with Crippen molar-refractivity contribution < 1.29 is 9.90 Å². The lowest BCUT2D eigenvalue weighted by Crippen LogP contribution is -2.32. The second-order valence-electron chi connectivity index (χ2n) is 3.56. The predicted molar refractivity (Wildman–Crippen MR) is 53.0 cm³/mol. The number of nitrogens with zero attached hydrogens (tertiary/aromatic N) is 2. The van der Waals surface area contributed by atoms with Crippen LogP contribution >= 0.6 is 0 Å². The number of allylic oxidation sites excluding steroid dienone is 2. The summed E-state index contributed by atoms with van der Waals surface area (Å²) >= 11 is 0. The Morgan fingerprint density at radius 2 is 2.50 bits per heavy atom. The van der Waals surface area contributed by atoms with Gasteiger partial charge in [-0.25, -0.2) is 0 Å². The minimum absolute atomic E-state index is 0.0964. The fourth-order valence-corrected chi connectivity index (χ4v) is 1.97. The van der Waals surface area contributed by atoms with Crippen LogP contribution in [0.1, 0.15) is 6.42 Å². The topological polar surface area (TPSA) is 52.9 Å². The number of carbonyl (C=O) groups is 1. The summed E-state index contributed by atoms with van der Waals surface area (Å²) in [4.78, 5) is 10.6.